The normalized spacial score (nSPS) is 14.3. The molecule has 1 aliphatic rings. The van der Waals surface area contributed by atoms with Gasteiger partial charge in [-0.15, -0.1) is 24.0 Å². The number of benzene rings is 1. The molecule has 1 aromatic rings. The Bertz CT molecular complexity index is 532. The largest absolute Gasteiger partial charge is 0.496 e. The minimum atomic E-state index is 0. The number of likely N-dealkylation sites (tertiary alicyclic amines) is 1. The minimum Gasteiger partial charge on any atom is -0.496 e. The number of ether oxygens (including phenoxy) is 3. The monoisotopic (exact) mass is 435 g/mol. The molecule has 1 N–H and O–H groups in total. The van der Waals surface area contributed by atoms with Gasteiger partial charge < -0.3 is 24.4 Å². The van der Waals surface area contributed by atoms with E-state index in [0.717, 1.165) is 30.4 Å². The summed E-state index contributed by atoms with van der Waals surface area (Å²) in [4.78, 5) is 6.62. The van der Waals surface area contributed by atoms with E-state index in [1.54, 1.807) is 21.3 Å². The molecular formula is C16H26IN3O3. The molecule has 0 aromatic heterocycles. The van der Waals surface area contributed by atoms with Crippen molar-refractivity contribution in [3.63, 3.8) is 0 Å². The lowest BCUT2D eigenvalue weighted by Gasteiger charge is -2.21. The van der Waals surface area contributed by atoms with Crippen LogP contribution >= 0.6 is 24.0 Å². The maximum atomic E-state index is 5.45. The Hall–Kier alpha value is -1.38. The molecule has 1 heterocycles. The third kappa shape index (κ3) is 4.79. The molecule has 1 saturated heterocycles. The van der Waals surface area contributed by atoms with Gasteiger partial charge >= 0.3 is 0 Å². The van der Waals surface area contributed by atoms with Crippen LogP contribution in [-0.2, 0) is 6.54 Å². The molecule has 1 aromatic carbocycles. The van der Waals surface area contributed by atoms with Crippen molar-refractivity contribution in [1.29, 1.82) is 0 Å². The van der Waals surface area contributed by atoms with Gasteiger partial charge in [0, 0.05) is 38.3 Å². The fourth-order valence-electron chi connectivity index (χ4n) is 2.67. The zero-order chi connectivity index (χ0) is 15.9. The SMILES string of the molecule is CN=C(NCc1cc(OC)c(OC)cc1OC)N1CCCC1.I. The standard InChI is InChI=1S/C16H25N3O3.HI/c1-17-16(19-7-5-6-8-19)18-11-12-9-14(21-3)15(22-4)10-13(12)20-2;/h9-10H,5-8,11H2,1-4H3,(H,17,18);1H. The Morgan fingerprint density at radius 1 is 1.04 bits per heavy atom. The summed E-state index contributed by atoms with van der Waals surface area (Å²) in [5.74, 6) is 3.04. The molecule has 0 radical (unpaired) electrons. The Morgan fingerprint density at radius 2 is 1.61 bits per heavy atom. The van der Waals surface area contributed by atoms with Crippen LogP contribution in [0.5, 0.6) is 17.2 Å². The number of methoxy groups -OCH3 is 3. The number of hydrogen-bond acceptors (Lipinski definition) is 4. The quantitative estimate of drug-likeness (QED) is 0.438. The van der Waals surface area contributed by atoms with Crippen LogP contribution in [0.15, 0.2) is 17.1 Å². The molecule has 23 heavy (non-hydrogen) atoms. The Morgan fingerprint density at radius 3 is 2.13 bits per heavy atom. The lowest BCUT2D eigenvalue weighted by atomic mass is 10.1. The summed E-state index contributed by atoms with van der Waals surface area (Å²) in [5.41, 5.74) is 1.00. The predicted molar refractivity (Wildman–Crippen MR) is 103 cm³/mol. The van der Waals surface area contributed by atoms with Crippen molar-refractivity contribution in [2.24, 2.45) is 4.99 Å². The summed E-state index contributed by atoms with van der Waals surface area (Å²) in [7, 11) is 6.71. The van der Waals surface area contributed by atoms with Crippen LogP contribution < -0.4 is 19.5 Å². The Labute approximate surface area is 155 Å². The van der Waals surface area contributed by atoms with E-state index in [4.69, 9.17) is 14.2 Å². The van der Waals surface area contributed by atoms with Crippen molar-refractivity contribution < 1.29 is 14.2 Å². The van der Waals surface area contributed by atoms with Crippen LogP contribution in [0.1, 0.15) is 18.4 Å². The molecular weight excluding hydrogens is 409 g/mol. The minimum absolute atomic E-state index is 0. The van der Waals surface area contributed by atoms with E-state index in [-0.39, 0.29) is 24.0 Å². The van der Waals surface area contributed by atoms with Crippen LogP contribution in [0.2, 0.25) is 0 Å². The van der Waals surface area contributed by atoms with Gasteiger partial charge in [-0.05, 0) is 18.9 Å². The highest BCUT2D eigenvalue weighted by molar-refractivity contribution is 14.0. The summed E-state index contributed by atoms with van der Waals surface area (Å²) < 4.78 is 16.1. The summed E-state index contributed by atoms with van der Waals surface area (Å²) in [6.45, 7) is 2.73. The molecule has 0 saturated carbocycles. The van der Waals surface area contributed by atoms with Gasteiger partial charge in [-0.2, -0.15) is 0 Å². The van der Waals surface area contributed by atoms with Crippen molar-refractivity contribution in [1.82, 2.24) is 10.2 Å². The average Bonchev–Trinajstić information content (AvgIpc) is 3.09. The summed E-state index contributed by atoms with van der Waals surface area (Å²) in [6, 6.07) is 3.77. The van der Waals surface area contributed by atoms with Crippen LogP contribution in [0.4, 0.5) is 0 Å². The maximum Gasteiger partial charge on any atom is 0.193 e. The molecule has 130 valence electrons. The van der Waals surface area contributed by atoms with E-state index in [9.17, 15) is 0 Å². The van der Waals surface area contributed by atoms with Crippen LogP contribution in [-0.4, -0.2) is 52.3 Å². The molecule has 1 fully saturated rings. The van der Waals surface area contributed by atoms with Crippen molar-refractivity contribution in [2.45, 2.75) is 19.4 Å². The van der Waals surface area contributed by atoms with E-state index in [0.29, 0.717) is 18.0 Å². The Kier molecular flexibility index (Phi) is 8.29. The summed E-state index contributed by atoms with van der Waals surface area (Å²) in [5, 5.41) is 3.39. The summed E-state index contributed by atoms with van der Waals surface area (Å²) >= 11 is 0. The van der Waals surface area contributed by atoms with Crippen LogP contribution in [0.3, 0.4) is 0 Å². The van der Waals surface area contributed by atoms with Crippen molar-refractivity contribution in [3.8, 4) is 17.2 Å². The Balaban J connectivity index is 0.00000264. The van der Waals surface area contributed by atoms with Crippen molar-refractivity contribution >= 4 is 29.9 Å². The lowest BCUT2D eigenvalue weighted by molar-refractivity contribution is 0.347. The highest BCUT2D eigenvalue weighted by atomic mass is 127. The molecule has 7 heteroatoms. The van der Waals surface area contributed by atoms with E-state index in [2.05, 4.69) is 15.2 Å². The first kappa shape index (κ1) is 19.7. The fourth-order valence-corrected chi connectivity index (χ4v) is 2.67. The number of nitrogens with one attached hydrogen (secondary N) is 1. The number of aliphatic imine (C=N–C) groups is 1. The number of halogens is 1. The first-order valence-corrected chi connectivity index (χ1v) is 7.48. The molecule has 0 aliphatic carbocycles. The molecule has 6 nitrogen and oxygen atoms in total. The van der Waals surface area contributed by atoms with Gasteiger partial charge in [-0.1, -0.05) is 0 Å². The van der Waals surface area contributed by atoms with Gasteiger partial charge in [-0.25, -0.2) is 0 Å². The zero-order valence-electron chi connectivity index (χ0n) is 14.2. The molecule has 0 amide bonds. The van der Waals surface area contributed by atoms with Gasteiger partial charge in [0.25, 0.3) is 0 Å². The van der Waals surface area contributed by atoms with Gasteiger partial charge in [0.05, 0.1) is 21.3 Å². The second kappa shape index (κ2) is 9.69. The second-order valence-electron chi connectivity index (χ2n) is 5.11. The first-order valence-electron chi connectivity index (χ1n) is 7.48. The van der Waals surface area contributed by atoms with E-state index >= 15 is 0 Å². The van der Waals surface area contributed by atoms with E-state index in [1.807, 2.05) is 19.2 Å². The maximum absolute atomic E-state index is 5.45. The number of nitrogens with zero attached hydrogens (tertiary/aromatic N) is 2. The molecule has 0 atom stereocenters. The second-order valence-corrected chi connectivity index (χ2v) is 5.11. The fraction of sp³-hybridized carbons (Fsp3) is 0.562. The third-order valence-electron chi connectivity index (χ3n) is 3.84. The van der Waals surface area contributed by atoms with E-state index in [1.165, 1.54) is 12.8 Å². The average molecular weight is 435 g/mol. The highest BCUT2D eigenvalue weighted by Gasteiger charge is 2.17. The zero-order valence-corrected chi connectivity index (χ0v) is 16.5. The molecule has 0 bridgehead atoms. The predicted octanol–water partition coefficient (Wildman–Crippen LogP) is 2.50. The molecule has 0 unspecified atom stereocenters. The van der Waals surface area contributed by atoms with Crippen LogP contribution in [0, 0.1) is 0 Å². The highest BCUT2D eigenvalue weighted by Crippen LogP contribution is 2.34. The topological polar surface area (TPSA) is 55.3 Å². The number of hydrogen-bond donors (Lipinski definition) is 1. The van der Waals surface area contributed by atoms with Gasteiger partial charge in [0.2, 0.25) is 0 Å². The van der Waals surface area contributed by atoms with Gasteiger partial charge in [0.15, 0.2) is 17.5 Å². The van der Waals surface area contributed by atoms with Gasteiger partial charge in [0.1, 0.15) is 5.75 Å². The van der Waals surface area contributed by atoms with E-state index < -0.39 is 0 Å². The lowest BCUT2D eigenvalue weighted by Crippen LogP contribution is -2.39. The molecule has 1 aliphatic heterocycles. The third-order valence-corrected chi connectivity index (χ3v) is 3.84. The smallest absolute Gasteiger partial charge is 0.193 e. The number of guanidine groups is 1. The molecule has 0 spiro atoms. The van der Waals surface area contributed by atoms with Crippen LogP contribution in [0.25, 0.3) is 0 Å². The van der Waals surface area contributed by atoms with Gasteiger partial charge in [-0.3, -0.25) is 4.99 Å². The molecule has 2 rings (SSSR count). The van der Waals surface area contributed by atoms with Crippen molar-refractivity contribution in [3.05, 3.63) is 17.7 Å². The number of rotatable bonds is 5. The summed E-state index contributed by atoms with van der Waals surface area (Å²) in [6.07, 6.45) is 2.45. The van der Waals surface area contributed by atoms with Crippen molar-refractivity contribution in [2.75, 3.05) is 41.5 Å². The first-order chi connectivity index (χ1) is 10.7.